The van der Waals surface area contributed by atoms with E-state index in [1.807, 2.05) is 42.6 Å². The second-order valence-electron chi connectivity index (χ2n) is 9.08. The van der Waals surface area contributed by atoms with E-state index in [1.165, 1.54) is 25.7 Å². The molecular formula is C25H31N3O2. The van der Waals surface area contributed by atoms with Crippen LogP contribution in [0.3, 0.4) is 0 Å². The lowest BCUT2D eigenvalue weighted by atomic mass is 9.90. The third-order valence-corrected chi connectivity index (χ3v) is 6.96. The van der Waals surface area contributed by atoms with E-state index in [1.54, 1.807) is 0 Å². The maximum Gasteiger partial charge on any atom is 0.254 e. The van der Waals surface area contributed by atoms with Gasteiger partial charge in [-0.15, -0.1) is 0 Å². The molecule has 1 saturated carbocycles. The van der Waals surface area contributed by atoms with E-state index in [0.717, 1.165) is 61.9 Å². The third-order valence-electron chi connectivity index (χ3n) is 6.96. The van der Waals surface area contributed by atoms with Gasteiger partial charge < -0.3 is 9.64 Å². The SMILES string of the molecule is O=C(c1ccc(OC2CCN(Cc3ccccn3)CC2)cc1)N1C[C@@H]2CCC[C@H]1C2. The quantitative estimate of drug-likeness (QED) is 0.750. The predicted molar refractivity (Wildman–Crippen MR) is 116 cm³/mol. The Balaban J connectivity index is 1.12. The summed E-state index contributed by atoms with van der Waals surface area (Å²) < 4.78 is 6.22. The van der Waals surface area contributed by atoms with Gasteiger partial charge in [0.05, 0.1) is 5.69 Å². The van der Waals surface area contributed by atoms with Crippen molar-refractivity contribution in [1.29, 1.82) is 0 Å². The lowest BCUT2D eigenvalue weighted by Crippen LogP contribution is -2.38. The molecule has 2 atom stereocenters. The first kappa shape index (κ1) is 19.6. The third kappa shape index (κ3) is 4.36. The number of hydrogen-bond donors (Lipinski definition) is 0. The van der Waals surface area contributed by atoms with Crippen molar-refractivity contribution in [2.24, 2.45) is 5.92 Å². The van der Waals surface area contributed by atoms with E-state index in [0.29, 0.717) is 6.04 Å². The Hall–Kier alpha value is -2.40. The molecule has 0 spiro atoms. The number of piperidine rings is 1. The monoisotopic (exact) mass is 405 g/mol. The molecule has 5 rings (SSSR count). The van der Waals surface area contributed by atoms with Crippen LogP contribution in [0.25, 0.3) is 0 Å². The summed E-state index contributed by atoms with van der Waals surface area (Å²) in [6.45, 7) is 3.90. The number of carbonyl (C=O) groups excluding carboxylic acids is 1. The van der Waals surface area contributed by atoms with E-state index in [2.05, 4.69) is 20.9 Å². The first-order chi connectivity index (χ1) is 14.7. The molecule has 0 N–H and O–H groups in total. The zero-order chi connectivity index (χ0) is 20.3. The van der Waals surface area contributed by atoms with Crippen molar-refractivity contribution < 1.29 is 9.53 Å². The van der Waals surface area contributed by atoms with E-state index >= 15 is 0 Å². The Morgan fingerprint density at radius 1 is 1.03 bits per heavy atom. The van der Waals surface area contributed by atoms with Crippen LogP contribution < -0.4 is 4.74 Å². The number of hydrogen-bond acceptors (Lipinski definition) is 4. The highest BCUT2D eigenvalue weighted by Gasteiger charge is 2.37. The summed E-state index contributed by atoms with van der Waals surface area (Å²) in [5.74, 6) is 1.78. The zero-order valence-electron chi connectivity index (χ0n) is 17.6. The summed E-state index contributed by atoms with van der Waals surface area (Å²) in [5.41, 5.74) is 1.92. The molecule has 2 saturated heterocycles. The summed E-state index contributed by atoms with van der Waals surface area (Å²) in [6.07, 6.45) is 9.06. The van der Waals surface area contributed by atoms with Gasteiger partial charge in [-0.25, -0.2) is 0 Å². The highest BCUT2D eigenvalue weighted by atomic mass is 16.5. The molecule has 5 nitrogen and oxygen atoms in total. The van der Waals surface area contributed by atoms with Crippen molar-refractivity contribution in [3.05, 3.63) is 59.9 Å². The molecule has 1 amide bonds. The fraction of sp³-hybridized carbons (Fsp3) is 0.520. The van der Waals surface area contributed by atoms with Crippen LogP contribution >= 0.6 is 0 Å². The number of aromatic nitrogens is 1. The lowest BCUT2D eigenvalue weighted by Gasteiger charge is -2.32. The van der Waals surface area contributed by atoms with Crippen LogP contribution in [0, 0.1) is 5.92 Å². The van der Waals surface area contributed by atoms with E-state index in [4.69, 9.17) is 4.74 Å². The average Bonchev–Trinajstić information content (AvgIpc) is 3.09. The van der Waals surface area contributed by atoms with E-state index < -0.39 is 0 Å². The molecule has 0 unspecified atom stereocenters. The van der Waals surface area contributed by atoms with Crippen LogP contribution in [0.5, 0.6) is 5.75 Å². The van der Waals surface area contributed by atoms with Crippen molar-refractivity contribution >= 4 is 5.91 Å². The fourth-order valence-corrected chi connectivity index (χ4v) is 5.33. The van der Waals surface area contributed by atoms with Gasteiger partial charge in [-0.3, -0.25) is 14.7 Å². The van der Waals surface area contributed by atoms with Crippen LogP contribution in [-0.4, -0.2) is 52.5 Å². The second-order valence-corrected chi connectivity index (χ2v) is 9.08. The number of ether oxygens (including phenoxy) is 1. The Kier molecular flexibility index (Phi) is 5.71. The molecule has 1 aliphatic carbocycles. The zero-order valence-corrected chi connectivity index (χ0v) is 17.6. The normalized spacial score (nSPS) is 24.7. The van der Waals surface area contributed by atoms with Crippen LogP contribution in [-0.2, 0) is 6.54 Å². The maximum atomic E-state index is 13.0. The molecule has 2 aromatic rings. The summed E-state index contributed by atoms with van der Waals surface area (Å²) in [7, 11) is 0. The topological polar surface area (TPSA) is 45.7 Å². The smallest absolute Gasteiger partial charge is 0.254 e. The van der Waals surface area contributed by atoms with Crippen LogP contribution in [0.15, 0.2) is 48.7 Å². The van der Waals surface area contributed by atoms with Gasteiger partial charge in [-0.2, -0.15) is 0 Å². The number of amides is 1. The standard InChI is InChI=1S/C25H31N3O2/c29-25(28-17-19-4-3-6-22(28)16-19)20-7-9-23(10-8-20)30-24-11-14-27(15-12-24)18-21-5-1-2-13-26-21/h1-2,5,7-10,13,19,22,24H,3-4,6,11-12,14-18H2/t19-,22+/m1/s1. The van der Waals surface area contributed by atoms with E-state index in [-0.39, 0.29) is 12.0 Å². The molecule has 2 bridgehead atoms. The molecule has 30 heavy (non-hydrogen) atoms. The van der Waals surface area contributed by atoms with Gasteiger partial charge >= 0.3 is 0 Å². The van der Waals surface area contributed by atoms with Crippen molar-refractivity contribution in [2.75, 3.05) is 19.6 Å². The van der Waals surface area contributed by atoms with Crippen molar-refractivity contribution in [3.63, 3.8) is 0 Å². The van der Waals surface area contributed by atoms with Gasteiger partial charge in [-0.05, 0) is 74.4 Å². The average molecular weight is 406 g/mol. The number of fused-ring (bicyclic) bond motifs is 2. The van der Waals surface area contributed by atoms with Gasteiger partial charge in [0.2, 0.25) is 0 Å². The molecule has 3 fully saturated rings. The van der Waals surface area contributed by atoms with Gasteiger partial charge in [0.1, 0.15) is 11.9 Å². The van der Waals surface area contributed by atoms with Crippen molar-refractivity contribution in [3.8, 4) is 5.75 Å². The molecule has 0 radical (unpaired) electrons. The number of carbonyl (C=O) groups is 1. The summed E-state index contributed by atoms with van der Waals surface area (Å²) in [6, 6.07) is 14.4. The number of nitrogens with zero attached hydrogens (tertiary/aromatic N) is 3. The molecule has 3 heterocycles. The minimum absolute atomic E-state index is 0.193. The highest BCUT2D eigenvalue weighted by Crippen LogP contribution is 2.36. The predicted octanol–water partition coefficient (Wildman–Crippen LogP) is 4.14. The number of benzene rings is 1. The molecule has 5 heteroatoms. The minimum atomic E-state index is 0.193. The van der Waals surface area contributed by atoms with Gasteiger partial charge in [-0.1, -0.05) is 12.5 Å². The number of pyridine rings is 1. The Labute approximate surface area is 179 Å². The molecule has 1 aromatic heterocycles. The Morgan fingerprint density at radius 2 is 1.87 bits per heavy atom. The minimum Gasteiger partial charge on any atom is -0.490 e. The molecule has 158 valence electrons. The Morgan fingerprint density at radius 3 is 2.60 bits per heavy atom. The number of likely N-dealkylation sites (tertiary alicyclic amines) is 2. The first-order valence-electron chi connectivity index (χ1n) is 11.4. The maximum absolute atomic E-state index is 13.0. The molecule has 2 aliphatic heterocycles. The first-order valence-corrected chi connectivity index (χ1v) is 11.4. The van der Waals surface area contributed by atoms with Gasteiger partial charge in [0.15, 0.2) is 0 Å². The highest BCUT2D eigenvalue weighted by molar-refractivity contribution is 5.94. The number of rotatable bonds is 5. The molecule has 3 aliphatic rings. The van der Waals surface area contributed by atoms with E-state index in [9.17, 15) is 4.79 Å². The van der Waals surface area contributed by atoms with Crippen molar-refractivity contribution in [2.45, 2.75) is 57.2 Å². The second kappa shape index (κ2) is 8.76. The van der Waals surface area contributed by atoms with Crippen molar-refractivity contribution in [1.82, 2.24) is 14.8 Å². The van der Waals surface area contributed by atoms with Crippen LogP contribution in [0.1, 0.15) is 54.6 Å². The molecule has 1 aromatic carbocycles. The summed E-state index contributed by atoms with van der Waals surface area (Å²) >= 11 is 0. The Bertz CT molecular complexity index is 846. The summed E-state index contributed by atoms with van der Waals surface area (Å²) in [5, 5.41) is 0. The summed E-state index contributed by atoms with van der Waals surface area (Å²) in [4.78, 5) is 21.9. The lowest BCUT2D eigenvalue weighted by molar-refractivity contribution is 0.0733. The largest absolute Gasteiger partial charge is 0.490 e. The van der Waals surface area contributed by atoms with Gasteiger partial charge in [0, 0.05) is 44.0 Å². The van der Waals surface area contributed by atoms with Crippen LogP contribution in [0.2, 0.25) is 0 Å². The van der Waals surface area contributed by atoms with Crippen LogP contribution in [0.4, 0.5) is 0 Å². The van der Waals surface area contributed by atoms with Gasteiger partial charge in [0.25, 0.3) is 5.91 Å². The fourth-order valence-electron chi connectivity index (χ4n) is 5.33. The molecular weight excluding hydrogens is 374 g/mol.